The summed E-state index contributed by atoms with van der Waals surface area (Å²) in [6.45, 7) is 3.84. The second-order valence-electron chi connectivity index (χ2n) is 5.05. The molecule has 0 aromatic carbocycles. The van der Waals surface area contributed by atoms with Gasteiger partial charge in [-0.2, -0.15) is 11.8 Å². The molecule has 0 aromatic heterocycles. The molecule has 0 saturated heterocycles. The first-order chi connectivity index (χ1) is 7.56. The van der Waals surface area contributed by atoms with Crippen LogP contribution in [0.3, 0.4) is 0 Å². The van der Waals surface area contributed by atoms with Crippen molar-refractivity contribution >= 4 is 17.5 Å². The summed E-state index contributed by atoms with van der Waals surface area (Å²) in [5.74, 6) is 1.14. The highest BCUT2D eigenvalue weighted by Crippen LogP contribution is 2.26. The third-order valence-electron chi connectivity index (χ3n) is 3.22. The molecule has 0 radical (unpaired) electrons. The quantitative estimate of drug-likeness (QED) is 0.716. The third-order valence-corrected chi connectivity index (χ3v) is 3.83. The molecule has 0 aliphatic heterocycles. The number of Topliss-reactive ketones (excluding diaryl/α,β-unsaturated/α-hetero) is 1. The summed E-state index contributed by atoms with van der Waals surface area (Å²) >= 11 is 1.72. The highest BCUT2D eigenvalue weighted by molar-refractivity contribution is 7.98. The Bertz CT molecular complexity index is 220. The molecule has 1 aliphatic rings. The zero-order chi connectivity index (χ0) is 12.0. The molecule has 0 heterocycles. The van der Waals surface area contributed by atoms with E-state index < -0.39 is 5.60 Å². The van der Waals surface area contributed by atoms with Crippen LogP contribution in [0.1, 0.15) is 52.4 Å². The summed E-state index contributed by atoms with van der Waals surface area (Å²) in [5.41, 5.74) is -0.586. The molecule has 1 saturated carbocycles. The van der Waals surface area contributed by atoms with Crippen LogP contribution in [0.2, 0.25) is 0 Å². The van der Waals surface area contributed by atoms with Crippen LogP contribution in [-0.2, 0) is 9.53 Å². The van der Waals surface area contributed by atoms with Gasteiger partial charge >= 0.3 is 0 Å². The van der Waals surface area contributed by atoms with Gasteiger partial charge in [0.25, 0.3) is 0 Å². The van der Waals surface area contributed by atoms with Crippen molar-refractivity contribution in [1.29, 1.82) is 0 Å². The van der Waals surface area contributed by atoms with Crippen molar-refractivity contribution in [2.24, 2.45) is 0 Å². The van der Waals surface area contributed by atoms with Crippen molar-refractivity contribution in [3.05, 3.63) is 0 Å². The van der Waals surface area contributed by atoms with E-state index in [-0.39, 0.29) is 5.78 Å². The molecule has 0 amide bonds. The van der Waals surface area contributed by atoms with Crippen LogP contribution in [0.15, 0.2) is 0 Å². The maximum Gasteiger partial charge on any atom is 0.164 e. The van der Waals surface area contributed by atoms with Gasteiger partial charge in [-0.3, -0.25) is 4.79 Å². The lowest BCUT2D eigenvalue weighted by Gasteiger charge is -2.31. The molecule has 1 rings (SSSR count). The van der Waals surface area contributed by atoms with Crippen molar-refractivity contribution in [2.75, 3.05) is 12.0 Å². The van der Waals surface area contributed by atoms with Gasteiger partial charge in [-0.05, 0) is 32.9 Å². The van der Waals surface area contributed by atoms with E-state index in [1.54, 1.807) is 11.8 Å². The fourth-order valence-corrected chi connectivity index (χ4v) is 2.55. The van der Waals surface area contributed by atoms with Crippen LogP contribution >= 0.6 is 11.8 Å². The number of rotatable bonds is 6. The van der Waals surface area contributed by atoms with Crippen LogP contribution in [0.4, 0.5) is 0 Å². The minimum atomic E-state index is -0.586. The summed E-state index contributed by atoms with van der Waals surface area (Å²) in [5, 5.41) is 0. The molecule has 0 bridgehead atoms. The Morgan fingerprint density at radius 3 is 2.50 bits per heavy atom. The normalized spacial score (nSPS) is 18.7. The second kappa shape index (κ2) is 6.65. The van der Waals surface area contributed by atoms with Crippen molar-refractivity contribution in [1.82, 2.24) is 0 Å². The van der Waals surface area contributed by atoms with Crippen LogP contribution in [0.5, 0.6) is 0 Å². The molecule has 0 atom stereocenters. The minimum absolute atomic E-state index is 0.243. The SMILES string of the molecule is CSCCC(=O)C(C)(C)OC1CCCCC1. The summed E-state index contributed by atoms with van der Waals surface area (Å²) in [6, 6.07) is 0. The van der Waals surface area contributed by atoms with Gasteiger partial charge in [0.2, 0.25) is 0 Å². The van der Waals surface area contributed by atoms with Crippen LogP contribution in [0, 0.1) is 0 Å². The number of ether oxygens (including phenoxy) is 1. The Balaban J connectivity index is 2.39. The largest absolute Gasteiger partial charge is 0.365 e. The number of ketones is 1. The predicted molar refractivity (Wildman–Crippen MR) is 70.0 cm³/mol. The number of hydrogen-bond donors (Lipinski definition) is 0. The standard InChI is InChI=1S/C13H24O2S/c1-13(2,12(14)9-10-16-3)15-11-7-5-4-6-8-11/h11H,4-10H2,1-3H3. The van der Waals surface area contributed by atoms with Crippen LogP contribution in [0.25, 0.3) is 0 Å². The Morgan fingerprint density at radius 1 is 1.31 bits per heavy atom. The molecule has 1 fully saturated rings. The van der Waals surface area contributed by atoms with E-state index in [0.717, 1.165) is 18.6 Å². The summed E-state index contributed by atoms with van der Waals surface area (Å²) in [7, 11) is 0. The molecular formula is C13H24O2S. The Hall–Kier alpha value is -0.0200. The van der Waals surface area contributed by atoms with E-state index in [4.69, 9.17) is 4.74 Å². The number of carbonyl (C=O) groups is 1. The van der Waals surface area contributed by atoms with Crippen molar-refractivity contribution < 1.29 is 9.53 Å². The lowest BCUT2D eigenvalue weighted by atomic mass is 9.95. The van der Waals surface area contributed by atoms with E-state index in [9.17, 15) is 4.79 Å². The van der Waals surface area contributed by atoms with E-state index in [1.807, 2.05) is 20.1 Å². The van der Waals surface area contributed by atoms with Gasteiger partial charge in [-0.15, -0.1) is 0 Å². The zero-order valence-corrected chi connectivity index (χ0v) is 11.6. The molecule has 3 heteroatoms. The molecule has 2 nitrogen and oxygen atoms in total. The van der Waals surface area contributed by atoms with Crippen molar-refractivity contribution in [2.45, 2.75) is 64.1 Å². The van der Waals surface area contributed by atoms with Crippen molar-refractivity contribution in [3.63, 3.8) is 0 Å². The average molecular weight is 244 g/mol. The van der Waals surface area contributed by atoms with Gasteiger partial charge in [-0.25, -0.2) is 0 Å². The molecule has 0 aromatic rings. The number of hydrogen-bond acceptors (Lipinski definition) is 3. The fraction of sp³-hybridized carbons (Fsp3) is 0.923. The van der Waals surface area contributed by atoms with Gasteiger partial charge in [0, 0.05) is 12.2 Å². The zero-order valence-electron chi connectivity index (χ0n) is 10.8. The first-order valence-corrected chi connectivity index (χ1v) is 7.65. The summed E-state index contributed by atoms with van der Waals surface area (Å²) in [4.78, 5) is 12.0. The van der Waals surface area contributed by atoms with Crippen LogP contribution in [-0.4, -0.2) is 29.5 Å². The molecule has 0 unspecified atom stereocenters. The Labute approximate surface area is 104 Å². The molecule has 16 heavy (non-hydrogen) atoms. The highest BCUT2D eigenvalue weighted by atomic mass is 32.2. The summed E-state index contributed by atoms with van der Waals surface area (Å²) in [6.07, 6.45) is 9.03. The molecular weight excluding hydrogens is 220 g/mol. The average Bonchev–Trinajstić information content (AvgIpc) is 2.26. The summed E-state index contributed by atoms with van der Waals surface area (Å²) < 4.78 is 5.98. The van der Waals surface area contributed by atoms with Gasteiger partial charge in [0.05, 0.1) is 6.10 Å². The van der Waals surface area contributed by atoms with E-state index >= 15 is 0 Å². The fourth-order valence-electron chi connectivity index (χ4n) is 2.16. The van der Waals surface area contributed by atoms with Gasteiger partial charge < -0.3 is 4.74 Å². The van der Waals surface area contributed by atoms with E-state index in [0.29, 0.717) is 12.5 Å². The number of carbonyl (C=O) groups excluding carboxylic acids is 1. The molecule has 1 aliphatic carbocycles. The van der Waals surface area contributed by atoms with E-state index in [2.05, 4.69) is 0 Å². The first kappa shape index (κ1) is 14.0. The maximum absolute atomic E-state index is 12.0. The lowest BCUT2D eigenvalue weighted by Crippen LogP contribution is -2.39. The van der Waals surface area contributed by atoms with Gasteiger partial charge in [0.1, 0.15) is 5.60 Å². The van der Waals surface area contributed by atoms with Gasteiger partial charge in [0.15, 0.2) is 5.78 Å². The topological polar surface area (TPSA) is 26.3 Å². The number of thioether (sulfide) groups is 1. The Kier molecular flexibility index (Phi) is 5.84. The van der Waals surface area contributed by atoms with Crippen molar-refractivity contribution in [3.8, 4) is 0 Å². The van der Waals surface area contributed by atoms with E-state index in [1.165, 1.54) is 19.3 Å². The predicted octanol–water partition coefficient (Wildman–Crippen LogP) is 3.44. The molecule has 0 N–H and O–H groups in total. The minimum Gasteiger partial charge on any atom is -0.365 e. The first-order valence-electron chi connectivity index (χ1n) is 6.26. The third kappa shape index (κ3) is 4.46. The molecule has 94 valence electrons. The Morgan fingerprint density at radius 2 is 1.94 bits per heavy atom. The highest BCUT2D eigenvalue weighted by Gasteiger charge is 2.31. The monoisotopic (exact) mass is 244 g/mol. The molecule has 0 spiro atoms. The smallest absolute Gasteiger partial charge is 0.164 e. The van der Waals surface area contributed by atoms with Crippen LogP contribution < -0.4 is 0 Å². The second-order valence-corrected chi connectivity index (χ2v) is 6.04. The lowest BCUT2D eigenvalue weighted by molar-refractivity contribution is -0.149. The maximum atomic E-state index is 12.0. The van der Waals surface area contributed by atoms with Gasteiger partial charge in [-0.1, -0.05) is 19.3 Å².